The third-order valence-electron chi connectivity index (χ3n) is 2.95. The van der Waals surface area contributed by atoms with Gasteiger partial charge in [-0.05, 0) is 24.7 Å². The zero-order valence-electron chi connectivity index (χ0n) is 9.30. The molecule has 0 bridgehead atoms. The maximum Gasteiger partial charge on any atom is 0.0896 e. The second-order valence-electron chi connectivity index (χ2n) is 4.46. The van der Waals surface area contributed by atoms with E-state index in [1.54, 1.807) is 11.3 Å². The van der Waals surface area contributed by atoms with Crippen molar-refractivity contribution in [1.82, 2.24) is 4.98 Å². The molecule has 0 radical (unpaired) electrons. The number of nitrogens with zero attached hydrogens (tertiary/aromatic N) is 1. The molecular weight excluding hydrogens is 214 g/mol. The molecule has 0 aromatic carbocycles. The van der Waals surface area contributed by atoms with Crippen LogP contribution in [0.2, 0.25) is 0 Å². The van der Waals surface area contributed by atoms with Crippen LogP contribution in [0.3, 0.4) is 0 Å². The van der Waals surface area contributed by atoms with Gasteiger partial charge in [-0.25, -0.2) is 4.98 Å². The van der Waals surface area contributed by atoms with E-state index in [2.05, 4.69) is 25.8 Å². The zero-order valence-corrected chi connectivity index (χ0v) is 10.9. The summed E-state index contributed by atoms with van der Waals surface area (Å²) >= 11 is 7.82. The Bertz CT molecular complexity index is 295. The van der Waals surface area contributed by atoms with Crippen LogP contribution in [0.4, 0.5) is 0 Å². The molecule has 1 unspecified atom stereocenters. The van der Waals surface area contributed by atoms with Crippen LogP contribution in [0.1, 0.15) is 30.7 Å². The first-order valence-electron chi connectivity index (χ1n) is 4.95. The maximum atomic E-state index is 6.04. The zero-order chi connectivity index (χ0) is 10.8. The average molecular weight is 232 g/mol. The minimum Gasteiger partial charge on any atom is -0.250 e. The first-order valence-corrected chi connectivity index (χ1v) is 6.30. The second kappa shape index (κ2) is 4.63. The molecule has 1 rings (SSSR count). The Morgan fingerprint density at radius 3 is 2.57 bits per heavy atom. The lowest BCUT2D eigenvalue weighted by Gasteiger charge is -2.30. The van der Waals surface area contributed by atoms with Crippen molar-refractivity contribution in [1.29, 1.82) is 0 Å². The predicted molar refractivity (Wildman–Crippen MR) is 64.2 cm³/mol. The first-order chi connectivity index (χ1) is 6.48. The summed E-state index contributed by atoms with van der Waals surface area (Å²) in [5, 5.41) is 1.14. The summed E-state index contributed by atoms with van der Waals surface area (Å²) in [4.78, 5) is 5.62. The third-order valence-corrected chi connectivity index (χ3v) is 4.47. The molecule has 0 spiro atoms. The number of halogens is 1. The van der Waals surface area contributed by atoms with E-state index in [1.807, 2.05) is 13.1 Å². The highest BCUT2D eigenvalue weighted by molar-refractivity contribution is 7.11. The molecule has 0 saturated heterocycles. The summed E-state index contributed by atoms with van der Waals surface area (Å²) in [5.74, 6) is 1.31. The number of thiazole rings is 1. The van der Waals surface area contributed by atoms with Crippen LogP contribution in [0.5, 0.6) is 0 Å². The van der Waals surface area contributed by atoms with Gasteiger partial charge in [0.15, 0.2) is 0 Å². The fraction of sp³-hybridized carbons (Fsp3) is 0.727. The topological polar surface area (TPSA) is 12.9 Å². The van der Waals surface area contributed by atoms with Crippen molar-refractivity contribution in [2.75, 3.05) is 5.88 Å². The molecular formula is C11H18ClNS. The minimum absolute atomic E-state index is 0.195. The lowest BCUT2D eigenvalue weighted by atomic mass is 9.78. The van der Waals surface area contributed by atoms with Crippen LogP contribution >= 0.6 is 22.9 Å². The van der Waals surface area contributed by atoms with E-state index >= 15 is 0 Å². The molecule has 80 valence electrons. The van der Waals surface area contributed by atoms with E-state index < -0.39 is 0 Å². The highest BCUT2D eigenvalue weighted by Gasteiger charge is 2.28. The minimum atomic E-state index is 0.195. The summed E-state index contributed by atoms with van der Waals surface area (Å²) in [6, 6.07) is 0. The van der Waals surface area contributed by atoms with Gasteiger partial charge in [0.1, 0.15) is 0 Å². The molecule has 0 aliphatic heterocycles. The normalized spacial score (nSPS) is 15.9. The number of hydrogen-bond acceptors (Lipinski definition) is 2. The Hall–Kier alpha value is -0.0800. The molecule has 0 aliphatic rings. The summed E-state index contributed by atoms with van der Waals surface area (Å²) in [6.45, 7) is 8.76. The predicted octanol–water partition coefficient (Wildman–Crippen LogP) is 3.90. The number of aryl methyl sites for hydroxylation is 1. The van der Waals surface area contributed by atoms with E-state index in [1.165, 1.54) is 4.88 Å². The Kier molecular flexibility index (Phi) is 3.96. The number of hydrogen-bond donors (Lipinski definition) is 0. The smallest absolute Gasteiger partial charge is 0.0896 e. The van der Waals surface area contributed by atoms with Crippen molar-refractivity contribution in [2.24, 2.45) is 11.3 Å². The van der Waals surface area contributed by atoms with Crippen molar-refractivity contribution >= 4 is 22.9 Å². The SMILES string of the molecule is Cc1ncc(CC(C)(CCl)C(C)C)s1. The Morgan fingerprint density at radius 1 is 1.57 bits per heavy atom. The van der Waals surface area contributed by atoms with E-state index in [4.69, 9.17) is 11.6 Å². The molecule has 3 heteroatoms. The lowest BCUT2D eigenvalue weighted by Crippen LogP contribution is -2.27. The largest absolute Gasteiger partial charge is 0.250 e. The summed E-state index contributed by atoms with van der Waals surface area (Å²) < 4.78 is 0. The van der Waals surface area contributed by atoms with E-state index in [0.717, 1.165) is 11.4 Å². The Balaban J connectivity index is 2.75. The van der Waals surface area contributed by atoms with Crippen LogP contribution < -0.4 is 0 Å². The van der Waals surface area contributed by atoms with Gasteiger partial charge in [-0.2, -0.15) is 0 Å². The van der Waals surface area contributed by atoms with Gasteiger partial charge in [0.2, 0.25) is 0 Å². The van der Waals surface area contributed by atoms with Crippen LogP contribution in [0.25, 0.3) is 0 Å². The van der Waals surface area contributed by atoms with Gasteiger partial charge in [-0.3, -0.25) is 0 Å². The molecule has 14 heavy (non-hydrogen) atoms. The molecule has 0 amide bonds. The number of rotatable bonds is 4. The molecule has 1 aromatic rings. The highest BCUT2D eigenvalue weighted by atomic mass is 35.5. The first kappa shape index (κ1) is 12.0. The molecule has 0 fully saturated rings. The Labute approximate surface area is 95.5 Å². The number of aromatic nitrogens is 1. The van der Waals surface area contributed by atoms with Gasteiger partial charge in [0.25, 0.3) is 0 Å². The van der Waals surface area contributed by atoms with Crippen LogP contribution in [-0.2, 0) is 6.42 Å². The average Bonchev–Trinajstić information content (AvgIpc) is 2.50. The fourth-order valence-corrected chi connectivity index (χ4v) is 2.69. The van der Waals surface area contributed by atoms with Crippen molar-refractivity contribution in [3.8, 4) is 0 Å². The Morgan fingerprint density at radius 2 is 2.21 bits per heavy atom. The van der Waals surface area contributed by atoms with E-state index in [9.17, 15) is 0 Å². The van der Waals surface area contributed by atoms with Crippen LogP contribution in [0, 0.1) is 18.3 Å². The molecule has 0 N–H and O–H groups in total. The monoisotopic (exact) mass is 231 g/mol. The lowest BCUT2D eigenvalue weighted by molar-refractivity contribution is 0.255. The fourth-order valence-electron chi connectivity index (χ4n) is 1.29. The van der Waals surface area contributed by atoms with Gasteiger partial charge in [0.05, 0.1) is 5.01 Å². The van der Waals surface area contributed by atoms with Crippen molar-refractivity contribution in [3.05, 3.63) is 16.1 Å². The van der Waals surface area contributed by atoms with Gasteiger partial charge >= 0.3 is 0 Å². The van der Waals surface area contributed by atoms with Crippen LogP contribution in [-0.4, -0.2) is 10.9 Å². The van der Waals surface area contributed by atoms with E-state index in [0.29, 0.717) is 11.8 Å². The molecule has 0 aliphatic carbocycles. The second-order valence-corrected chi connectivity index (χ2v) is 6.05. The number of alkyl halides is 1. The third kappa shape index (κ3) is 2.71. The maximum absolute atomic E-state index is 6.04. The van der Waals surface area contributed by atoms with Crippen molar-refractivity contribution in [3.63, 3.8) is 0 Å². The van der Waals surface area contributed by atoms with Crippen LogP contribution in [0.15, 0.2) is 6.20 Å². The van der Waals surface area contributed by atoms with E-state index in [-0.39, 0.29) is 5.41 Å². The molecule has 1 aromatic heterocycles. The molecule has 1 nitrogen and oxygen atoms in total. The van der Waals surface area contributed by atoms with Gasteiger partial charge in [0, 0.05) is 17.0 Å². The summed E-state index contributed by atoms with van der Waals surface area (Å²) in [7, 11) is 0. The van der Waals surface area contributed by atoms with Gasteiger partial charge < -0.3 is 0 Å². The molecule has 0 saturated carbocycles. The summed E-state index contributed by atoms with van der Waals surface area (Å²) in [5.41, 5.74) is 0.195. The van der Waals surface area contributed by atoms with Crippen molar-refractivity contribution < 1.29 is 0 Å². The summed E-state index contributed by atoms with van der Waals surface area (Å²) in [6.07, 6.45) is 3.02. The molecule has 1 heterocycles. The van der Waals surface area contributed by atoms with Gasteiger partial charge in [-0.15, -0.1) is 22.9 Å². The molecule has 1 atom stereocenters. The van der Waals surface area contributed by atoms with Gasteiger partial charge in [-0.1, -0.05) is 20.8 Å². The standard InChI is InChI=1S/C11H18ClNS/c1-8(2)11(4,7-12)5-10-6-13-9(3)14-10/h6,8H,5,7H2,1-4H3. The quantitative estimate of drug-likeness (QED) is 0.717. The highest BCUT2D eigenvalue weighted by Crippen LogP contribution is 2.34. The van der Waals surface area contributed by atoms with Crippen molar-refractivity contribution in [2.45, 2.75) is 34.1 Å².